The largest absolute Gasteiger partial charge is 0.480 e. The normalized spacial score (nSPS) is 9.53. The Balaban J connectivity index is 2.84. The molecule has 0 fully saturated rings. The predicted molar refractivity (Wildman–Crippen MR) is 68.5 cm³/mol. The Bertz CT molecular complexity index is 542. The fourth-order valence-electron chi connectivity index (χ4n) is 1.27. The first-order valence-corrected chi connectivity index (χ1v) is 5.48. The lowest BCUT2D eigenvalue weighted by Gasteiger charge is -2.18. The lowest BCUT2D eigenvalue weighted by molar-refractivity contribution is -0.137. The Labute approximate surface area is 114 Å². The fourth-order valence-corrected chi connectivity index (χ4v) is 1.44. The van der Waals surface area contributed by atoms with Gasteiger partial charge >= 0.3 is 12.0 Å². The number of urea groups is 1. The number of terminal acetylenes is 1. The number of halogens is 2. The zero-order valence-electron chi connectivity index (χ0n) is 9.69. The molecule has 0 unspecified atom stereocenters. The van der Waals surface area contributed by atoms with Gasteiger partial charge < -0.3 is 15.3 Å². The molecular weight excluding hydrogens is 275 g/mol. The van der Waals surface area contributed by atoms with E-state index in [1.165, 1.54) is 18.2 Å². The van der Waals surface area contributed by atoms with Gasteiger partial charge in [0.25, 0.3) is 0 Å². The van der Waals surface area contributed by atoms with Gasteiger partial charge in [-0.3, -0.25) is 4.79 Å². The number of hydrogen-bond donors (Lipinski definition) is 2. The molecule has 1 aromatic carbocycles. The molecule has 1 rings (SSSR count). The molecule has 19 heavy (non-hydrogen) atoms. The molecule has 0 saturated heterocycles. The second-order valence-corrected chi connectivity index (χ2v) is 3.89. The summed E-state index contributed by atoms with van der Waals surface area (Å²) < 4.78 is 13.6. The number of benzene rings is 1. The molecule has 2 N–H and O–H groups in total. The first-order valence-electron chi connectivity index (χ1n) is 5.11. The number of nitrogens with zero attached hydrogens (tertiary/aromatic N) is 1. The first kappa shape index (κ1) is 14.8. The van der Waals surface area contributed by atoms with E-state index in [0.29, 0.717) is 0 Å². The average Bonchev–Trinajstić information content (AvgIpc) is 2.34. The molecule has 100 valence electrons. The molecule has 0 aliphatic rings. The molecule has 0 aliphatic heterocycles. The minimum absolute atomic E-state index is 0.148. The van der Waals surface area contributed by atoms with Gasteiger partial charge in [-0.05, 0) is 12.1 Å². The van der Waals surface area contributed by atoms with E-state index in [2.05, 4.69) is 11.2 Å². The van der Waals surface area contributed by atoms with Gasteiger partial charge in [0.05, 0.1) is 17.3 Å². The van der Waals surface area contributed by atoms with Crippen LogP contribution < -0.4 is 5.32 Å². The lowest BCUT2D eigenvalue weighted by atomic mass is 10.3. The van der Waals surface area contributed by atoms with Crippen molar-refractivity contribution in [3.63, 3.8) is 0 Å². The SMILES string of the molecule is C#CCN(CC(=O)O)C(=O)Nc1cccc(Cl)c1F. The van der Waals surface area contributed by atoms with Gasteiger partial charge in [-0.25, -0.2) is 9.18 Å². The van der Waals surface area contributed by atoms with Crippen molar-refractivity contribution < 1.29 is 19.1 Å². The van der Waals surface area contributed by atoms with Crippen molar-refractivity contribution in [3.05, 3.63) is 29.0 Å². The highest BCUT2D eigenvalue weighted by atomic mass is 35.5. The van der Waals surface area contributed by atoms with Crippen LogP contribution in [0.3, 0.4) is 0 Å². The number of rotatable bonds is 4. The van der Waals surface area contributed by atoms with Crippen molar-refractivity contribution in [2.45, 2.75) is 0 Å². The molecule has 1 aromatic rings. The molecule has 0 bridgehead atoms. The standard InChI is InChI=1S/C12H10ClFN2O3/c1-2-6-16(7-10(17)18)12(19)15-9-5-3-4-8(13)11(9)14/h1,3-5H,6-7H2,(H,15,19)(H,17,18). The molecule has 7 heteroatoms. The molecule has 0 aliphatic carbocycles. The van der Waals surface area contributed by atoms with Crippen LogP contribution >= 0.6 is 11.6 Å². The summed E-state index contributed by atoms with van der Waals surface area (Å²) in [5, 5.41) is 10.7. The van der Waals surface area contributed by atoms with Crippen LogP contribution in [0.2, 0.25) is 5.02 Å². The summed E-state index contributed by atoms with van der Waals surface area (Å²) in [5.41, 5.74) is -0.148. The Morgan fingerprint density at radius 2 is 2.21 bits per heavy atom. The molecule has 2 amide bonds. The van der Waals surface area contributed by atoms with Gasteiger partial charge in [0, 0.05) is 0 Å². The molecule has 0 radical (unpaired) electrons. The minimum atomic E-state index is -1.23. The Morgan fingerprint density at radius 3 is 2.79 bits per heavy atom. The lowest BCUT2D eigenvalue weighted by Crippen LogP contribution is -2.39. The highest BCUT2D eigenvalue weighted by Gasteiger charge is 2.17. The average molecular weight is 285 g/mol. The molecule has 0 atom stereocenters. The molecule has 0 saturated carbocycles. The van der Waals surface area contributed by atoms with Gasteiger partial charge in [0.2, 0.25) is 0 Å². The zero-order chi connectivity index (χ0) is 14.4. The summed E-state index contributed by atoms with van der Waals surface area (Å²) in [6.07, 6.45) is 5.03. The highest BCUT2D eigenvalue weighted by Crippen LogP contribution is 2.22. The Kier molecular flexibility index (Phi) is 5.15. The quantitative estimate of drug-likeness (QED) is 0.831. The number of carboxylic acid groups (broad SMARTS) is 1. The van der Waals surface area contributed by atoms with Crippen LogP contribution in [-0.4, -0.2) is 35.1 Å². The van der Waals surface area contributed by atoms with E-state index in [4.69, 9.17) is 23.1 Å². The van der Waals surface area contributed by atoms with Gasteiger partial charge in [-0.1, -0.05) is 23.6 Å². The number of anilines is 1. The van der Waals surface area contributed by atoms with Crippen molar-refractivity contribution in [3.8, 4) is 12.3 Å². The minimum Gasteiger partial charge on any atom is -0.480 e. The number of aliphatic carboxylic acids is 1. The third-order valence-corrected chi connectivity index (χ3v) is 2.38. The second-order valence-electron chi connectivity index (χ2n) is 3.49. The Hall–Kier alpha value is -2.26. The van der Waals surface area contributed by atoms with Crippen LogP contribution in [0, 0.1) is 18.2 Å². The molecular formula is C12H10ClFN2O3. The van der Waals surface area contributed by atoms with Crippen LogP contribution in [0.4, 0.5) is 14.9 Å². The second kappa shape index (κ2) is 6.61. The predicted octanol–water partition coefficient (Wildman–Crippen LogP) is 2.03. The van der Waals surface area contributed by atoms with E-state index >= 15 is 0 Å². The number of carbonyl (C=O) groups excluding carboxylic acids is 1. The maximum Gasteiger partial charge on any atom is 0.323 e. The van der Waals surface area contributed by atoms with Crippen LogP contribution in [0.1, 0.15) is 0 Å². The smallest absolute Gasteiger partial charge is 0.323 e. The van der Waals surface area contributed by atoms with E-state index in [1.54, 1.807) is 0 Å². The van der Waals surface area contributed by atoms with Crippen molar-refractivity contribution in [2.75, 3.05) is 18.4 Å². The highest BCUT2D eigenvalue weighted by molar-refractivity contribution is 6.31. The van der Waals surface area contributed by atoms with E-state index in [0.717, 1.165) is 4.90 Å². The summed E-state index contributed by atoms with van der Waals surface area (Å²) in [7, 11) is 0. The van der Waals surface area contributed by atoms with Gasteiger partial charge in [0.1, 0.15) is 6.54 Å². The van der Waals surface area contributed by atoms with Crippen LogP contribution in [0.15, 0.2) is 18.2 Å². The number of amides is 2. The summed E-state index contributed by atoms with van der Waals surface area (Å²) in [6, 6.07) is 3.25. The molecule has 0 heterocycles. The molecule has 0 aromatic heterocycles. The molecule has 0 spiro atoms. The number of nitrogens with one attached hydrogen (secondary N) is 1. The monoisotopic (exact) mass is 284 g/mol. The zero-order valence-corrected chi connectivity index (χ0v) is 10.4. The summed E-state index contributed by atoms with van der Waals surface area (Å²) in [4.78, 5) is 23.2. The van der Waals surface area contributed by atoms with E-state index in [-0.39, 0.29) is 17.3 Å². The summed E-state index contributed by atoms with van der Waals surface area (Å²) in [5.74, 6) is 0.125. The molecule has 5 nitrogen and oxygen atoms in total. The van der Waals surface area contributed by atoms with Gasteiger partial charge in [-0.15, -0.1) is 6.42 Å². The van der Waals surface area contributed by atoms with Crippen molar-refractivity contribution in [1.29, 1.82) is 0 Å². The topological polar surface area (TPSA) is 69.6 Å². The van der Waals surface area contributed by atoms with Crippen molar-refractivity contribution in [2.24, 2.45) is 0 Å². The van der Waals surface area contributed by atoms with E-state index in [1.807, 2.05) is 0 Å². The maximum atomic E-state index is 13.6. The van der Waals surface area contributed by atoms with E-state index in [9.17, 15) is 14.0 Å². The van der Waals surface area contributed by atoms with E-state index < -0.39 is 24.4 Å². The third-order valence-electron chi connectivity index (χ3n) is 2.09. The Morgan fingerprint density at radius 1 is 1.53 bits per heavy atom. The van der Waals surface area contributed by atoms with Crippen LogP contribution in [-0.2, 0) is 4.79 Å². The third kappa shape index (κ3) is 4.16. The van der Waals surface area contributed by atoms with Crippen LogP contribution in [0.5, 0.6) is 0 Å². The first-order chi connectivity index (χ1) is 8.95. The van der Waals surface area contributed by atoms with Gasteiger partial charge in [-0.2, -0.15) is 0 Å². The summed E-state index contributed by atoms with van der Waals surface area (Å²) >= 11 is 5.56. The number of carbonyl (C=O) groups is 2. The number of hydrogen-bond acceptors (Lipinski definition) is 2. The number of carboxylic acids is 1. The van der Waals surface area contributed by atoms with Crippen molar-refractivity contribution in [1.82, 2.24) is 4.90 Å². The maximum absolute atomic E-state index is 13.6. The van der Waals surface area contributed by atoms with Gasteiger partial charge in [0.15, 0.2) is 5.82 Å². The van der Waals surface area contributed by atoms with Crippen molar-refractivity contribution >= 4 is 29.3 Å². The fraction of sp³-hybridized carbons (Fsp3) is 0.167. The van der Waals surface area contributed by atoms with Crippen LogP contribution in [0.25, 0.3) is 0 Å². The summed E-state index contributed by atoms with van der Waals surface area (Å²) in [6.45, 7) is -0.793.